The summed E-state index contributed by atoms with van der Waals surface area (Å²) in [4.78, 5) is 9.08. The van der Waals surface area contributed by atoms with Crippen molar-refractivity contribution in [2.45, 2.75) is 32.2 Å². The van der Waals surface area contributed by atoms with Crippen molar-refractivity contribution in [1.82, 2.24) is 15.3 Å². The third-order valence-corrected chi connectivity index (χ3v) is 4.12. The lowest BCUT2D eigenvalue weighted by atomic mass is 9.92. The number of aromatic nitrogens is 2. The first-order valence-corrected chi connectivity index (χ1v) is 7.61. The first kappa shape index (κ1) is 14.4. The predicted molar refractivity (Wildman–Crippen MR) is 81.8 cm³/mol. The summed E-state index contributed by atoms with van der Waals surface area (Å²) in [6, 6.07) is 4.63. The molecule has 1 N–H and O–H groups in total. The number of benzene rings is 1. The molecule has 1 unspecified atom stereocenters. The molecule has 110 valence electrons. The van der Waals surface area contributed by atoms with Crippen molar-refractivity contribution in [2.75, 3.05) is 6.54 Å². The van der Waals surface area contributed by atoms with Crippen LogP contribution in [0, 0.1) is 5.82 Å². The fourth-order valence-electron chi connectivity index (χ4n) is 2.81. The maximum Gasteiger partial charge on any atom is 0.160 e. The van der Waals surface area contributed by atoms with Gasteiger partial charge in [0.25, 0.3) is 0 Å². The van der Waals surface area contributed by atoms with Crippen molar-refractivity contribution in [1.29, 1.82) is 0 Å². The van der Waals surface area contributed by atoms with Gasteiger partial charge in [-0.25, -0.2) is 14.4 Å². The molecule has 0 saturated carbocycles. The molecule has 3 nitrogen and oxygen atoms in total. The molecule has 1 aromatic heterocycles. The second-order valence-corrected chi connectivity index (χ2v) is 5.63. The summed E-state index contributed by atoms with van der Waals surface area (Å²) in [6.45, 7) is 3.03. The van der Waals surface area contributed by atoms with E-state index in [2.05, 4.69) is 22.2 Å². The van der Waals surface area contributed by atoms with Gasteiger partial charge >= 0.3 is 0 Å². The Balaban J connectivity index is 1.99. The number of rotatable bonds is 3. The van der Waals surface area contributed by atoms with Gasteiger partial charge in [-0.05, 0) is 44.0 Å². The lowest BCUT2D eigenvalue weighted by Gasteiger charge is -2.25. The van der Waals surface area contributed by atoms with E-state index in [-0.39, 0.29) is 5.82 Å². The van der Waals surface area contributed by atoms with Gasteiger partial charge in [-0.1, -0.05) is 18.5 Å². The molecule has 0 spiro atoms. The van der Waals surface area contributed by atoms with Crippen LogP contribution in [0.4, 0.5) is 4.39 Å². The highest BCUT2D eigenvalue weighted by Crippen LogP contribution is 2.31. The molecule has 21 heavy (non-hydrogen) atoms. The van der Waals surface area contributed by atoms with Gasteiger partial charge in [0.05, 0.1) is 5.02 Å². The van der Waals surface area contributed by atoms with Crippen LogP contribution in [0.1, 0.15) is 37.1 Å². The largest absolute Gasteiger partial charge is 0.310 e. The van der Waals surface area contributed by atoms with Crippen LogP contribution in [0.15, 0.2) is 24.4 Å². The Labute approximate surface area is 128 Å². The summed E-state index contributed by atoms with van der Waals surface area (Å²) in [6.07, 6.45) is 5.05. The van der Waals surface area contributed by atoms with Crippen LogP contribution >= 0.6 is 11.6 Å². The van der Waals surface area contributed by atoms with Gasteiger partial charge in [0, 0.05) is 29.1 Å². The smallest absolute Gasteiger partial charge is 0.160 e. The van der Waals surface area contributed by atoms with Gasteiger partial charge in [0.15, 0.2) is 5.82 Å². The molecule has 0 amide bonds. The number of nitrogens with one attached hydrogen (secondary N) is 1. The van der Waals surface area contributed by atoms with Crippen LogP contribution in [0.5, 0.6) is 0 Å². The topological polar surface area (TPSA) is 37.8 Å². The van der Waals surface area contributed by atoms with Crippen molar-refractivity contribution in [3.05, 3.63) is 46.5 Å². The van der Waals surface area contributed by atoms with Crippen molar-refractivity contribution in [2.24, 2.45) is 0 Å². The molecule has 2 aromatic rings. The Morgan fingerprint density at radius 3 is 3.05 bits per heavy atom. The van der Waals surface area contributed by atoms with Gasteiger partial charge in [-0.3, -0.25) is 0 Å². The number of hydrogen-bond acceptors (Lipinski definition) is 3. The first-order chi connectivity index (χ1) is 10.2. The zero-order valence-electron chi connectivity index (χ0n) is 11.9. The molecule has 5 heteroatoms. The SMILES string of the molecule is CCNC1CCCc2nc(-c3ccc(F)cc3Cl)ncc21. The minimum Gasteiger partial charge on any atom is -0.310 e. The van der Waals surface area contributed by atoms with Crippen LogP contribution in [0.3, 0.4) is 0 Å². The molecular formula is C16H17ClFN3. The van der Waals surface area contributed by atoms with Crippen molar-refractivity contribution < 1.29 is 4.39 Å². The summed E-state index contributed by atoms with van der Waals surface area (Å²) in [5.41, 5.74) is 2.91. The molecule has 1 aliphatic rings. The Kier molecular flexibility index (Phi) is 4.17. The maximum absolute atomic E-state index is 13.1. The first-order valence-electron chi connectivity index (χ1n) is 7.23. The predicted octanol–water partition coefficient (Wildman–Crippen LogP) is 3.92. The minimum atomic E-state index is -0.353. The molecular weight excluding hydrogens is 289 g/mol. The third-order valence-electron chi connectivity index (χ3n) is 3.80. The fourth-order valence-corrected chi connectivity index (χ4v) is 3.06. The Morgan fingerprint density at radius 2 is 2.29 bits per heavy atom. The summed E-state index contributed by atoms with van der Waals surface area (Å²) in [5.74, 6) is 0.213. The van der Waals surface area contributed by atoms with E-state index in [0.717, 1.165) is 31.5 Å². The van der Waals surface area contributed by atoms with Gasteiger partial charge in [-0.15, -0.1) is 0 Å². The molecule has 0 radical (unpaired) electrons. The average molecular weight is 306 g/mol. The van der Waals surface area contributed by atoms with E-state index in [1.54, 1.807) is 6.07 Å². The van der Waals surface area contributed by atoms with E-state index in [0.29, 0.717) is 22.5 Å². The Morgan fingerprint density at radius 1 is 1.43 bits per heavy atom. The van der Waals surface area contributed by atoms with Crippen LogP contribution in [0.25, 0.3) is 11.4 Å². The van der Waals surface area contributed by atoms with Gasteiger partial charge in [0.2, 0.25) is 0 Å². The highest BCUT2D eigenvalue weighted by atomic mass is 35.5. The zero-order chi connectivity index (χ0) is 14.8. The molecule has 1 aliphatic carbocycles. The molecule has 3 rings (SSSR count). The average Bonchev–Trinajstić information content (AvgIpc) is 2.47. The summed E-state index contributed by atoms with van der Waals surface area (Å²) in [5, 5.41) is 3.80. The van der Waals surface area contributed by atoms with Gasteiger partial charge in [-0.2, -0.15) is 0 Å². The zero-order valence-corrected chi connectivity index (χ0v) is 12.6. The normalized spacial score (nSPS) is 17.6. The maximum atomic E-state index is 13.1. The van der Waals surface area contributed by atoms with Crippen LogP contribution in [0.2, 0.25) is 5.02 Å². The van der Waals surface area contributed by atoms with E-state index in [1.807, 2.05) is 6.20 Å². The number of nitrogens with zero attached hydrogens (tertiary/aromatic N) is 2. The van der Waals surface area contributed by atoms with E-state index < -0.39 is 0 Å². The lowest BCUT2D eigenvalue weighted by molar-refractivity contribution is 0.464. The standard InChI is InChI=1S/C16H17ClFN3/c1-2-19-14-4-3-5-15-12(14)9-20-16(21-15)11-7-6-10(18)8-13(11)17/h6-9,14,19H,2-5H2,1H3. The van der Waals surface area contributed by atoms with Gasteiger partial charge in [0.1, 0.15) is 5.82 Å². The Bertz CT molecular complexity index is 660. The molecule has 1 aromatic carbocycles. The van der Waals surface area contributed by atoms with Gasteiger partial charge < -0.3 is 5.32 Å². The van der Waals surface area contributed by atoms with Crippen LogP contribution in [-0.4, -0.2) is 16.5 Å². The molecule has 0 aliphatic heterocycles. The molecule has 0 fully saturated rings. The quantitative estimate of drug-likeness (QED) is 0.934. The van der Waals surface area contributed by atoms with Crippen LogP contribution < -0.4 is 5.32 Å². The van der Waals surface area contributed by atoms with E-state index in [1.165, 1.54) is 17.7 Å². The van der Waals surface area contributed by atoms with Crippen molar-refractivity contribution >= 4 is 11.6 Å². The van der Waals surface area contributed by atoms with E-state index in [9.17, 15) is 4.39 Å². The van der Waals surface area contributed by atoms with E-state index >= 15 is 0 Å². The number of halogens is 2. The van der Waals surface area contributed by atoms with Crippen molar-refractivity contribution in [3.8, 4) is 11.4 Å². The summed E-state index contributed by atoms with van der Waals surface area (Å²) < 4.78 is 13.1. The van der Waals surface area contributed by atoms with E-state index in [4.69, 9.17) is 11.6 Å². The highest BCUT2D eigenvalue weighted by molar-refractivity contribution is 6.33. The second kappa shape index (κ2) is 6.08. The molecule has 0 saturated heterocycles. The number of hydrogen-bond donors (Lipinski definition) is 1. The summed E-state index contributed by atoms with van der Waals surface area (Å²) in [7, 11) is 0. The Hall–Kier alpha value is -1.52. The molecule has 1 atom stereocenters. The number of aryl methyl sites for hydroxylation is 1. The summed E-state index contributed by atoms with van der Waals surface area (Å²) >= 11 is 6.09. The van der Waals surface area contributed by atoms with Crippen LogP contribution in [-0.2, 0) is 6.42 Å². The van der Waals surface area contributed by atoms with Crippen molar-refractivity contribution in [3.63, 3.8) is 0 Å². The monoisotopic (exact) mass is 305 g/mol. The lowest BCUT2D eigenvalue weighted by Crippen LogP contribution is -2.25. The second-order valence-electron chi connectivity index (χ2n) is 5.22. The minimum absolute atomic E-state index is 0.330. The molecule has 1 heterocycles. The third kappa shape index (κ3) is 2.92. The molecule has 0 bridgehead atoms. The highest BCUT2D eigenvalue weighted by Gasteiger charge is 2.22. The fraction of sp³-hybridized carbons (Fsp3) is 0.375. The number of fused-ring (bicyclic) bond motifs is 1.